The van der Waals surface area contributed by atoms with Gasteiger partial charge in [0.2, 0.25) is 5.91 Å². The molecular formula is C19H19N5O5. The topological polar surface area (TPSA) is 115 Å². The first kappa shape index (κ1) is 18.7. The van der Waals surface area contributed by atoms with Crippen LogP contribution in [0.25, 0.3) is 11.1 Å². The van der Waals surface area contributed by atoms with Crippen molar-refractivity contribution in [1.82, 2.24) is 14.5 Å². The summed E-state index contributed by atoms with van der Waals surface area (Å²) in [7, 11) is 0. The van der Waals surface area contributed by atoms with Crippen LogP contribution in [0.2, 0.25) is 0 Å². The van der Waals surface area contributed by atoms with Gasteiger partial charge in [-0.05, 0) is 18.2 Å². The molecule has 0 atom stereocenters. The van der Waals surface area contributed by atoms with Gasteiger partial charge in [-0.2, -0.15) is 0 Å². The fraction of sp³-hybridized carbons (Fsp3) is 0.316. The molecule has 3 aromatic rings. The van der Waals surface area contributed by atoms with Crippen LogP contribution in [-0.2, 0) is 11.3 Å². The Morgan fingerprint density at radius 3 is 2.59 bits per heavy atom. The quantitative estimate of drug-likeness (QED) is 0.475. The third-order valence-electron chi connectivity index (χ3n) is 5.02. The minimum atomic E-state index is -0.484. The Morgan fingerprint density at radius 2 is 1.90 bits per heavy atom. The van der Waals surface area contributed by atoms with Crippen LogP contribution in [0, 0.1) is 10.1 Å². The average molecular weight is 397 g/mol. The number of carbonyl (C=O) groups is 1. The molecule has 2 aromatic heterocycles. The third kappa shape index (κ3) is 3.82. The highest BCUT2D eigenvalue weighted by atomic mass is 16.6. The Balaban J connectivity index is 1.33. The summed E-state index contributed by atoms with van der Waals surface area (Å²) in [4.78, 5) is 42.7. The fourth-order valence-electron chi connectivity index (χ4n) is 3.45. The number of rotatable bonds is 5. The smallest absolute Gasteiger partial charge is 0.408 e. The lowest BCUT2D eigenvalue weighted by molar-refractivity contribution is -0.385. The number of piperazine rings is 1. The van der Waals surface area contributed by atoms with E-state index in [1.807, 2.05) is 11.0 Å². The molecule has 0 spiro atoms. The van der Waals surface area contributed by atoms with Gasteiger partial charge in [0.05, 0.1) is 10.4 Å². The average Bonchev–Trinajstić information content (AvgIpc) is 3.07. The van der Waals surface area contributed by atoms with Crippen LogP contribution in [0.1, 0.15) is 6.42 Å². The van der Waals surface area contributed by atoms with E-state index in [1.165, 1.54) is 16.8 Å². The van der Waals surface area contributed by atoms with Crippen molar-refractivity contribution in [2.75, 3.05) is 31.1 Å². The molecule has 0 aliphatic carbocycles. The number of benzene rings is 1. The molecular weight excluding hydrogens is 378 g/mol. The van der Waals surface area contributed by atoms with Crippen molar-refractivity contribution in [2.24, 2.45) is 0 Å². The van der Waals surface area contributed by atoms with Gasteiger partial charge in [0.15, 0.2) is 5.58 Å². The molecule has 1 amide bonds. The van der Waals surface area contributed by atoms with Crippen molar-refractivity contribution in [2.45, 2.75) is 13.0 Å². The maximum atomic E-state index is 12.6. The van der Waals surface area contributed by atoms with Crippen LogP contribution in [0.5, 0.6) is 0 Å². The van der Waals surface area contributed by atoms with E-state index in [9.17, 15) is 19.7 Å². The number of aromatic nitrogens is 2. The van der Waals surface area contributed by atoms with Crippen molar-refractivity contribution < 1.29 is 14.1 Å². The van der Waals surface area contributed by atoms with E-state index in [0.717, 1.165) is 0 Å². The number of fused-ring (bicyclic) bond motifs is 1. The van der Waals surface area contributed by atoms with Gasteiger partial charge in [-0.15, -0.1) is 0 Å². The zero-order chi connectivity index (χ0) is 20.4. The lowest BCUT2D eigenvalue weighted by Crippen LogP contribution is -2.49. The minimum Gasteiger partial charge on any atom is -0.408 e. The zero-order valence-electron chi connectivity index (χ0n) is 15.6. The maximum absolute atomic E-state index is 12.6. The van der Waals surface area contributed by atoms with Gasteiger partial charge in [0.25, 0.3) is 5.69 Å². The summed E-state index contributed by atoms with van der Waals surface area (Å²) >= 11 is 0. The second-order valence-electron chi connectivity index (χ2n) is 6.74. The molecule has 10 heteroatoms. The first-order valence-electron chi connectivity index (χ1n) is 9.24. The number of nitrogens with zero attached hydrogens (tertiary/aromatic N) is 5. The molecule has 3 heterocycles. The molecule has 0 unspecified atom stereocenters. The van der Waals surface area contributed by atoms with Crippen molar-refractivity contribution in [1.29, 1.82) is 0 Å². The number of aryl methyl sites for hydroxylation is 1. The highest BCUT2D eigenvalue weighted by Crippen LogP contribution is 2.18. The Labute approximate surface area is 165 Å². The lowest BCUT2D eigenvalue weighted by Gasteiger charge is -2.35. The Hall–Kier alpha value is -3.69. The van der Waals surface area contributed by atoms with E-state index < -0.39 is 10.7 Å². The molecule has 0 radical (unpaired) electrons. The van der Waals surface area contributed by atoms with Crippen LogP contribution in [-0.4, -0.2) is 51.5 Å². The van der Waals surface area contributed by atoms with E-state index in [1.54, 1.807) is 29.2 Å². The zero-order valence-corrected chi connectivity index (χ0v) is 15.6. The van der Waals surface area contributed by atoms with Crippen LogP contribution in [0.4, 0.5) is 11.5 Å². The predicted molar refractivity (Wildman–Crippen MR) is 105 cm³/mol. The Kier molecular flexibility index (Phi) is 4.98. The molecule has 0 N–H and O–H groups in total. The molecule has 1 saturated heterocycles. The first-order chi connectivity index (χ1) is 14.0. The SMILES string of the molecule is O=C(CCn1c(=O)oc2ccccc21)N1CCN(c2ccc([N+](=O)[O-])cn2)CC1. The molecule has 0 saturated carbocycles. The number of oxazole rings is 1. The van der Waals surface area contributed by atoms with Crippen molar-refractivity contribution >= 4 is 28.5 Å². The molecule has 0 bridgehead atoms. The summed E-state index contributed by atoms with van der Waals surface area (Å²) in [6.07, 6.45) is 1.44. The summed E-state index contributed by atoms with van der Waals surface area (Å²) in [6.45, 7) is 2.49. The third-order valence-corrected chi connectivity index (χ3v) is 5.02. The van der Waals surface area contributed by atoms with Crippen LogP contribution in [0.3, 0.4) is 0 Å². The number of amides is 1. The molecule has 1 aliphatic rings. The second kappa shape index (κ2) is 7.74. The number of para-hydroxylation sites is 2. The van der Waals surface area contributed by atoms with Crippen LogP contribution >= 0.6 is 0 Å². The number of pyridine rings is 1. The fourth-order valence-corrected chi connectivity index (χ4v) is 3.45. The molecule has 29 heavy (non-hydrogen) atoms. The second-order valence-corrected chi connectivity index (χ2v) is 6.74. The number of hydrogen-bond donors (Lipinski definition) is 0. The van der Waals surface area contributed by atoms with Gasteiger partial charge in [0.1, 0.15) is 12.0 Å². The molecule has 150 valence electrons. The monoisotopic (exact) mass is 397 g/mol. The van der Waals surface area contributed by atoms with E-state index in [4.69, 9.17) is 4.42 Å². The van der Waals surface area contributed by atoms with E-state index in [-0.39, 0.29) is 24.6 Å². The van der Waals surface area contributed by atoms with Crippen molar-refractivity contribution in [3.63, 3.8) is 0 Å². The molecule has 4 rings (SSSR count). The minimum absolute atomic E-state index is 0.0292. The summed E-state index contributed by atoms with van der Waals surface area (Å²) in [5.41, 5.74) is 1.14. The van der Waals surface area contributed by atoms with E-state index in [2.05, 4.69) is 4.98 Å². The van der Waals surface area contributed by atoms with Gasteiger partial charge in [-0.25, -0.2) is 9.78 Å². The number of hydrogen-bond acceptors (Lipinski definition) is 7. The predicted octanol–water partition coefficient (Wildman–Crippen LogP) is 1.64. The van der Waals surface area contributed by atoms with E-state index in [0.29, 0.717) is 43.1 Å². The highest BCUT2D eigenvalue weighted by molar-refractivity contribution is 5.77. The normalized spacial score (nSPS) is 14.3. The van der Waals surface area contributed by atoms with Gasteiger partial charge in [0, 0.05) is 45.2 Å². The summed E-state index contributed by atoms with van der Waals surface area (Å²) < 4.78 is 6.67. The summed E-state index contributed by atoms with van der Waals surface area (Å²) in [5, 5.41) is 10.7. The summed E-state index contributed by atoms with van der Waals surface area (Å²) in [6, 6.07) is 10.2. The van der Waals surface area contributed by atoms with Gasteiger partial charge >= 0.3 is 5.76 Å². The number of carbonyl (C=O) groups excluding carboxylic acids is 1. The van der Waals surface area contributed by atoms with Gasteiger partial charge in [-0.1, -0.05) is 12.1 Å². The number of nitro groups is 1. The van der Waals surface area contributed by atoms with Crippen molar-refractivity contribution in [3.8, 4) is 0 Å². The first-order valence-corrected chi connectivity index (χ1v) is 9.24. The standard InChI is InChI=1S/C19H19N5O5/c25-18(7-8-23-15-3-1-2-4-16(15)29-19(23)26)22-11-9-21(10-12-22)17-6-5-14(13-20-17)24(27)28/h1-6,13H,7-12H2. The number of anilines is 1. The Bertz CT molecular complexity index is 1100. The largest absolute Gasteiger partial charge is 0.419 e. The van der Waals surface area contributed by atoms with Crippen LogP contribution < -0.4 is 10.7 Å². The lowest BCUT2D eigenvalue weighted by atomic mass is 10.2. The molecule has 10 nitrogen and oxygen atoms in total. The van der Waals surface area contributed by atoms with Crippen molar-refractivity contribution in [3.05, 3.63) is 63.3 Å². The van der Waals surface area contributed by atoms with Gasteiger partial charge in [-0.3, -0.25) is 19.5 Å². The molecule has 1 aliphatic heterocycles. The van der Waals surface area contributed by atoms with Gasteiger partial charge < -0.3 is 14.2 Å². The highest BCUT2D eigenvalue weighted by Gasteiger charge is 2.22. The van der Waals surface area contributed by atoms with Crippen LogP contribution in [0.15, 0.2) is 51.8 Å². The molecule has 1 aromatic carbocycles. The Morgan fingerprint density at radius 1 is 1.14 bits per heavy atom. The summed E-state index contributed by atoms with van der Waals surface area (Å²) in [5.74, 6) is 0.158. The van der Waals surface area contributed by atoms with E-state index >= 15 is 0 Å². The molecule has 1 fully saturated rings. The maximum Gasteiger partial charge on any atom is 0.419 e.